The van der Waals surface area contributed by atoms with E-state index in [0.717, 1.165) is 4.47 Å². The minimum atomic E-state index is -0.391. The highest BCUT2D eigenvalue weighted by Crippen LogP contribution is 2.24. The molecule has 1 amide bonds. The third-order valence-electron chi connectivity index (χ3n) is 2.96. The number of benzene rings is 1. The molecule has 1 rings (SSSR count). The van der Waals surface area contributed by atoms with E-state index < -0.39 is 4.92 Å². The van der Waals surface area contributed by atoms with Crippen molar-refractivity contribution >= 4 is 27.5 Å². The third kappa shape index (κ3) is 4.57. The van der Waals surface area contributed by atoms with Gasteiger partial charge in [0.2, 0.25) is 5.91 Å². The van der Waals surface area contributed by atoms with Gasteiger partial charge < -0.3 is 10.2 Å². The van der Waals surface area contributed by atoms with Gasteiger partial charge in [-0.05, 0) is 19.2 Å². The summed E-state index contributed by atoms with van der Waals surface area (Å²) in [4.78, 5) is 24.0. The first kappa shape index (κ1) is 16.6. The largest absolute Gasteiger partial charge is 0.359 e. The summed E-state index contributed by atoms with van der Waals surface area (Å²) in [6.07, 6.45) is 0. The van der Waals surface area contributed by atoms with Crippen molar-refractivity contribution in [2.75, 3.05) is 20.6 Å². The molecule has 1 N–H and O–H groups in total. The third-order valence-corrected chi connectivity index (χ3v) is 3.45. The van der Waals surface area contributed by atoms with Gasteiger partial charge in [0.1, 0.15) is 0 Å². The average molecular weight is 344 g/mol. The second-order valence-corrected chi connectivity index (χ2v) is 5.66. The molecule has 110 valence electrons. The summed E-state index contributed by atoms with van der Waals surface area (Å²) in [6, 6.07) is 4.86. The van der Waals surface area contributed by atoms with Gasteiger partial charge in [-0.1, -0.05) is 22.9 Å². The number of halogens is 1. The maximum Gasteiger partial charge on any atom is 0.273 e. The Bertz CT molecular complexity index is 508. The fourth-order valence-electron chi connectivity index (χ4n) is 2.01. The Balaban J connectivity index is 2.79. The Labute approximate surface area is 126 Å². The second kappa shape index (κ2) is 7.35. The highest BCUT2D eigenvalue weighted by Gasteiger charge is 2.18. The fourth-order valence-corrected chi connectivity index (χ4v) is 2.42. The molecule has 0 aliphatic heterocycles. The monoisotopic (exact) mass is 343 g/mol. The van der Waals surface area contributed by atoms with E-state index in [1.54, 1.807) is 19.2 Å². The van der Waals surface area contributed by atoms with E-state index in [2.05, 4.69) is 21.2 Å². The van der Waals surface area contributed by atoms with Gasteiger partial charge in [0.05, 0.1) is 4.92 Å². The molecule has 0 aliphatic carbocycles. The molecule has 7 heteroatoms. The quantitative estimate of drug-likeness (QED) is 0.634. The Kier molecular flexibility index (Phi) is 6.09. The molecule has 0 saturated carbocycles. The Morgan fingerprint density at radius 3 is 2.75 bits per heavy atom. The van der Waals surface area contributed by atoms with Gasteiger partial charge in [-0.25, -0.2) is 0 Å². The lowest BCUT2D eigenvalue weighted by Crippen LogP contribution is -2.34. The molecule has 0 aromatic heterocycles. The van der Waals surface area contributed by atoms with Crippen LogP contribution in [-0.4, -0.2) is 36.4 Å². The van der Waals surface area contributed by atoms with Gasteiger partial charge in [-0.3, -0.25) is 14.9 Å². The molecular formula is C13H18BrN3O3. The number of nitrogens with one attached hydrogen (secondary N) is 1. The van der Waals surface area contributed by atoms with Crippen LogP contribution in [0.5, 0.6) is 0 Å². The second-order valence-electron chi connectivity index (χ2n) is 4.74. The summed E-state index contributed by atoms with van der Waals surface area (Å²) in [6.45, 7) is 2.77. The lowest BCUT2D eigenvalue weighted by atomic mass is 10.1. The first-order chi connectivity index (χ1) is 9.35. The van der Waals surface area contributed by atoms with Crippen LogP contribution in [0.1, 0.15) is 12.5 Å². The topological polar surface area (TPSA) is 75.5 Å². The highest BCUT2D eigenvalue weighted by molar-refractivity contribution is 9.10. The summed E-state index contributed by atoms with van der Waals surface area (Å²) < 4.78 is 0.797. The predicted octanol–water partition coefficient (Wildman–Crippen LogP) is 2.17. The highest BCUT2D eigenvalue weighted by atomic mass is 79.9. The van der Waals surface area contributed by atoms with Gasteiger partial charge in [0.15, 0.2) is 0 Å². The zero-order valence-corrected chi connectivity index (χ0v) is 13.3. The molecule has 0 bridgehead atoms. The number of carbonyl (C=O) groups excluding carboxylic acids is 1. The number of hydrogen-bond acceptors (Lipinski definition) is 4. The molecule has 0 spiro atoms. The predicted molar refractivity (Wildman–Crippen MR) is 80.4 cm³/mol. The number of nitrogens with zero attached hydrogens (tertiary/aromatic N) is 2. The molecule has 0 saturated heterocycles. The SMILES string of the molecule is CNC(=O)C(C)CN(C)Cc1cc(Br)ccc1[N+](=O)[O-]. The van der Waals surface area contributed by atoms with E-state index in [-0.39, 0.29) is 17.5 Å². The van der Waals surface area contributed by atoms with Crippen molar-refractivity contribution in [2.45, 2.75) is 13.5 Å². The van der Waals surface area contributed by atoms with Crippen molar-refractivity contribution < 1.29 is 9.72 Å². The van der Waals surface area contributed by atoms with E-state index >= 15 is 0 Å². The van der Waals surface area contributed by atoms with Crippen molar-refractivity contribution in [1.82, 2.24) is 10.2 Å². The van der Waals surface area contributed by atoms with Crippen LogP contribution in [0.4, 0.5) is 5.69 Å². The van der Waals surface area contributed by atoms with E-state index in [1.807, 2.05) is 18.9 Å². The smallest absolute Gasteiger partial charge is 0.273 e. The number of carbonyl (C=O) groups is 1. The van der Waals surface area contributed by atoms with Crippen LogP contribution in [0.2, 0.25) is 0 Å². The zero-order chi connectivity index (χ0) is 15.3. The number of nitro benzene ring substituents is 1. The van der Waals surface area contributed by atoms with Crippen molar-refractivity contribution in [3.8, 4) is 0 Å². The van der Waals surface area contributed by atoms with Crippen LogP contribution < -0.4 is 5.32 Å². The Morgan fingerprint density at radius 2 is 2.20 bits per heavy atom. The van der Waals surface area contributed by atoms with Crippen LogP contribution in [0.25, 0.3) is 0 Å². The van der Waals surface area contributed by atoms with Crippen molar-refractivity contribution in [2.24, 2.45) is 5.92 Å². The summed E-state index contributed by atoms with van der Waals surface area (Å²) in [5.41, 5.74) is 0.712. The molecule has 1 aromatic carbocycles. The summed E-state index contributed by atoms with van der Waals surface area (Å²) in [7, 11) is 3.43. The minimum Gasteiger partial charge on any atom is -0.359 e. The Hall–Kier alpha value is -1.47. The summed E-state index contributed by atoms with van der Waals surface area (Å²) in [5.74, 6) is -0.211. The van der Waals surface area contributed by atoms with Crippen LogP contribution >= 0.6 is 15.9 Å². The molecule has 0 fully saturated rings. The number of hydrogen-bond donors (Lipinski definition) is 1. The molecule has 0 heterocycles. The normalized spacial score (nSPS) is 12.2. The van der Waals surface area contributed by atoms with Gasteiger partial charge in [-0.2, -0.15) is 0 Å². The number of rotatable bonds is 6. The maximum atomic E-state index is 11.5. The zero-order valence-electron chi connectivity index (χ0n) is 11.7. The molecule has 1 aromatic rings. The van der Waals surface area contributed by atoms with Crippen molar-refractivity contribution in [3.63, 3.8) is 0 Å². The molecular weight excluding hydrogens is 326 g/mol. The molecule has 0 radical (unpaired) electrons. The summed E-state index contributed by atoms with van der Waals surface area (Å²) >= 11 is 3.32. The van der Waals surface area contributed by atoms with Crippen molar-refractivity contribution in [3.05, 3.63) is 38.3 Å². The van der Waals surface area contributed by atoms with Crippen LogP contribution in [-0.2, 0) is 11.3 Å². The lowest BCUT2D eigenvalue weighted by molar-refractivity contribution is -0.385. The molecule has 1 unspecified atom stereocenters. The average Bonchev–Trinajstić information content (AvgIpc) is 2.37. The number of nitro groups is 1. The molecule has 1 atom stereocenters. The minimum absolute atomic E-state index is 0.0411. The lowest BCUT2D eigenvalue weighted by Gasteiger charge is -2.20. The van der Waals surface area contributed by atoms with Crippen molar-refractivity contribution in [1.29, 1.82) is 0 Å². The first-order valence-corrected chi connectivity index (χ1v) is 6.97. The number of amides is 1. The van der Waals surface area contributed by atoms with E-state index in [9.17, 15) is 14.9 Å². The van der Waals surface area contributed by atoms with E-state index in [1.165, 1.54) is 6.07 Å². The van der Waals surface area contributed by atoms with Gasteiger partial charge in [0.25, 0.3) is 5.69 Å². The van der Waals surface area contributed by atoms with Crippen LogP contribution in [0.3, 0.4) is 0 Å². The van der Waals surface area contributed by atoms with Gasteiger partial charge in [-0.15, -0.1) is 0 Å². The fraction of sp³-hybridized carbons (Fsp3) is 0.462. The van der Waals surface area contributed by atoms with Gasteiger partial charge in [0, 0.05) is 42.2 Å². The van der Waals surface area contributed by atoms with E-state index in [0.29, 0.717) is 18.7 Å². The summed E-state index contributed by atoms with van der Waals surface area (Å²) in [5, 5.41) is 13.6. The van der Waals surface area contributed by atoms with Crippen LogP contribution in [0.15, 0.2) is 22.7 Å². The van der Waals surface area contributed by atoms with Crippen LogP contribution in [0, 0.1) is 16.0 Å². The maximum absolute atomic E-state index is 11.5. The Morgan fingerprint density at radius 1 is 1.55 bits per heavy atom. The standard InChI is InChI=1S/C13H18BrN3O3/c1-9(13(18)15-2)7-16(3)8-10-6-11(14)4-5-12(10)17(19)20/h4-6,9H,7-8H2,1-3H3,(H,15,18). The molecule has 0 aliphatic rings. The molecule has 6 nitrogen and oxygen atoms in total. The first-order valence-electron chi connectivity index (χ1n) is 6.18. The van der Waals surface area contributed by atoms with E-state index in [4.69, 9.17) is 0 Å². The molecule has 20 heavy (non-hydrogen) atoms. The van der Waals surface area contributed by atoms with Gasteiger partial charge >= 0.3 is 0 Å².